The Labute approximate surface area is 146 Å². The van der Waals surface area contributed by atoms with E-state index >= 15 is 0 Å². The topological polar surface area (TPSA) is 79.5 Å². The third-order valence-electron chi connectivity index (χ3n) is 3.66. The smallest absolute Gasteiger partial charge is 0.305 e. The van der Waals surface area contributed by atoms with Gasteiger partial charge in [-0.3, -0.25) is 13.9 Å². The predicted molar refractivity (Wildman–Crippen MR) is 97.2 cm³/mol. The molecule has 0 aliphatic heterocycles. The van der Waals surface area contributed by atoms with E-state index in [2.05, 4.69) is 0 Å². The van der Waals surface area contributed by atoms with Gasteiger partial charge in [0.15, 0.2) is 0 Å². The summed E-state index contributed by atoms with van der Waals surface area (Å²) < 4.78 is 26.0. The van der Waals surface area contributed by atoms with Gasteiger partial charge in [0.05, 0.1) is 18.9 Å². The lowest BCUT2D eigenvalue weighted by atomic mass is 10.2. The lowest BCUT2D eigenvalue weighted by Gasteiger charge is -2.19. The molecule has 0 aliphatic rings. The highest BCUT2D eigenvalue weighted by Crippen LogP contribution is 2.45. The van der Waals surface area contributed by atoms with E-state index in [1.54, 1.807) is 45.0 Å². The fourth-order valence-corrected chi connectivity index (χ4v) is 4.09. The van der Waals surface area contributed by atoms with Gasteiger partial charge in [-0.05, 0) is 39.8 Å². The van der Waals surface area contributed by atoms with Crippen LogP contribution in [0.5, 0.6) is 0 Å². The fraction of sp³-hybridized carbons (Fsp3) is 0.412. The molecule has 0 amide bonds. The van der Waals surface area contributed by atoms with Gasteiger partial charge in [0.25, 0.3) is 5.56 Å². The van der Waals surface area contributed by atoms with Gasteiger partial charge in [-0.2, -0.15) is 0 Å². The summed E-state index contributed by atoms with van der Waals surface area (Å²) in [6, 6.07) is 6.95. The van der Waals surface area contributed by atoms with E-state index in [1.165, 1.54) is 10.8 Å². The maximum absolute atomic E-state index is 13.1. The molecule has 2 aromatic rings. The van der Waals surface area contributed by atoms with E-state index in [0.717, 1.165) is 10.1 Å². The number of hydrogen-bond acceptors (Lipinski definition) is 5. The van der Waals surface area contributed by atoms with Crippen molar-refractivity contribution in [1.82, 2.24) is 9.13 Å². The molecule has 0 fully saturated rings. The maximum Gasteiger partial charge on any atom is 0.368 e. The number of nitrogens with zero attached hydrogens (tertiary/aromatic N) is 2. The van der Waals surface area contributed by atoms with E-state index in [4.69, 9.17) is 9.05 Å². The molecule has 0 unspecified atom stereocenters. The Morgan fingerprint density at radius 1 is 1.00 bits per heavy atom. The molecule has 0 radical (unpaired) electrons. The average molecular weight is 366 g/mol. The number of hydrogen-bond donors (Lipinski definition) is 0. The Kier molecular flexibility index (Phi) is 6.16. The Morgan fingerprint density at radius 3 is 2.04 bits per heavy atom. The molecule has 25 heavy (non-hydrogen) atoms. The zero-order chi connectivity index (χ0) is 18.6. The average Bonchev–Trinajstić information content (AvgIpc) is 2.57. The highest BCUT2D eigenvalue weighted by atomic mass is 31.2. The molecule has 0 N–H and O–H groups in total. The van der Waals surface area contributed by atoms with Gasteiger partial charge in [-0.25, -0.2) is 9.36 Å². The van der Waals surface area contributed by atoms with Crippen molar-refractivity contribution in [3.63, 3.8) is 0 Å². The van der Waals surface area contributed by atoms with E-state index in [0.29, 0.717) is 12.2 Å². The zero-order valence-corrected chi connectivity index (χ0v) is 15.8. The molecule has 0 bridgehead atoms. The summed E-state index contributed by atoms with van der Waals surface area (Å²) in [6.07, 6.45) is 1.28. The van der Waals surface area contributed by atoms with E-state index in [-0.39, 0.29) is 18.5 Å². The first-order valence-corrected chi connectivity index (χ1v) is 9.75. The molecule has 0 spiro atoms. The minimum Gasteiger partial charge on any atom is -0.305 e. The van der Waals surface area contributed by atoms with Crippen LogP contribution >= 0.6 is 7.60 Å². The second-order valence-electron chi connectivity index (χ2n) is 5.39. The summed E-state index contributed by atoms with van der Waals surface area (Å²) in [6.45, 7) is 7.56. The first kappa shape index (κ1) is 19.4. The largest absolute Gasteiger partial charge is 0.368 e. The van der Waals surface area contributed by atoms with E-state index < -0.39 is 18.8 Å². The van der Waals surface area contributed by atoms with Crippen molar-refractivity contribution < 1.29 is 13.6 Å². The minimum absolute atomic E-state index is 0.118. The summed E-state index contributed by atoms with van der Waals surface area (Å²) >= 11 is 0. The fourth-order valence-electron chi connectivity index (χ4n) is 2.44. The van der Waals surface area contributed by atoms with Crippen molar-refractivity contribution >= 4 is 12.9 Å². The normalized spacial score (nSPS) is 11.7. The molecule has 0 aliphatic carbocycles. The van der Waals surface area contributed by atoms with Gasteiger partial charge in [-0.15, -0.1) is 0 Å². The second-order valence-corrected chi connectivity index (χ2v) is 7.39. The number of aromatic nitrogens is 2. The molecular formula is C17H23N2O5P. The number of benzene rings is 1. The van der Waals surface area contributed by atoms with Crippen molar-refractivity contribution in [1.29, 1.82) is 0 Å². The predicted octanol–water partition coefficient (Wildman–Crippen LogP) is 2.22. The molecular weight excluding hydrogens is 343 g/mol. The highest BCUT2D eigenvalue weighted by molar-refractivity contribution is 7.62. The van der Waals surface area contributed by atoms with E-state index in [9.17, 15) is 14.2 Å². The van der Waals surface area contributed by atoms with Crippen molar-refractivity contribution in [2.24, 2.45) is 0 Å². The van der Waals surface area contributed by atoms with Crippen LogP contribution < -0.4 is 16.6 Å². The summed E-state index contributed by atoms with van der Waals surface area (Å²) in [7, 11) is -3.82. The van der Waals surface area contributed by atoms with Crippen LogP contribution in [-0.2, 0) is 20.2 Å². The van der Waals surface area contributed by atoms with Crippen molar-refractivity contribution in [3.05, 3.63) is 56.9 Å². The van der Waals surface area contributed by atoms with Crippen LogP contribution in [0.25, 0.3) is 5.69 Å². The molecule has 0 saturated carbocycles. The van der Waals surface area contributed by atoms with Crippen LogP contribution in [-0.4, -0.2) is 22.3 Å². The third kappa shape index (κ3) is 3.84. The van der Waals surface area contributed by atoms with Crippen molar-refractivity contribution in [2.45, 2.75) is 34.2 Å². The first-order chi connectivity index (χ1) is 11.9. The summed E-state index contributed by atoms with van der Waals surface area (Å²) in [5.74, 6) is 0. The summed E-state index contributed by atoms with van der Waals surface area (Å²) in [4.78, 5) is 25.6. The Bertz CT molecular complexity index is 889. The molecule has 0 atom stereocenters. The van der Waals surface area contributed by atoms with Crippen molar-refractivity contribution in [3.8, 4) is 5.69 Å². The van der Waals surface area contributed by atoms with Gasteiger partial charge < -0.3 is 9.05 Å². The standard InChI is InChI=1S/C17H23N2O5P/c1-5-18-12-15(25(22,23-6-2)24-7-3)16(20)19(17(18)21)14-10-8-13(4)9-11-14/h8-12H,5-7H2,1-4H3. The van der Waals surface area contributed by atoms with Crippen LogP contribution in [0, 0.1) is 6.92 Å². The molecule has 136 valence electrons. The van der Waals surface area contributed by atoms with E-state index in [1.807, 2.05) is 6.92 Å². The summed E-state index contributed by atoms with van der Waals surface area (Å²) in [5.41, 5.74) is 0.214. The van der Waals surface area contributed by atoms with Crippen LogP contribution in [0.4, 0.5) is 0 Å². The molecule has 7 nitrogen and oxygen atoms in total. The van der Waals surface area contributed by atoms with Crippen molar-refractivity contribution in [2.75, 3.05) is 13.2 Å². The molecule has 2 rings (SSSR count). The molecule has 1 aromatic heterocycles. The third-order valence-corrected chi connectivity index (χ3v) is 5.76. The van der Waals surface area contributed by atoms with Crippen LogP contribution in [0.1, 0.15) is 26.3 Å². The van der Waals surface area contributed by atoms with Gasteiger partial charge in [0.1, 0.15) is 5.30 Å². The van der Waals surface area contributed by atoms with Gasteiger partial charge in [0.2, 0.25) is 0 Å². The lowest BCUT2D eigenvalue weighted by Crippen LogP contribution is -2.46. The molecule has 8 heteroatoms. The molecule has 1 aromatic carbocycles. The highest BCUT2D eigenvalue weighted by Gasteiger charge is 2.32. The lowest BCUT2D eigenvalue weighted by molar-refractivity contribution is 0.229. The Balaban J connectivity index is 2.81. The monoisotopic (exact) mass is 366 g/mol. The van der Waals surface area contributed by atoms with Gasteiger partial charge in [-0.1, -0.05) is 17.7 Å². The molecule has 1 heterocycles. The number of rotatable bonds is 7. The number of aryl methyl sites for hydroxylation is 2. The zero-order valence-electron chi connectivity index (χ0n) is 14.9. The van der Waals surface area contributed by atoms with Crippen LogP contribution in [0.15, 0.2) is 40.1 Å². The first-order valence-electron chi connectivity index (χ1n) is 8.21. The Morgan fingerprint density at radius 2 is 1.56 bits per heavy atom. The van der Waals surface area contributed by atoms with Crippen LogP contribution in [0.3, 0.4) is 0 Å². The van der Waals surface area contributed by atoms with Gasteiger partial charge >= 0.3 is 13.3 Å². The minimum atomic E-state index is -3.82. The van der Waals surface area contributed by atoms with Crippen LogP contribution in [0.2, 0.25) is 0 Å². The quantitative estimate of drug-likeness (QED) is 0.702. The van der Waals surface area contributed by atoms with Gasteiger partial charge in [0, 0.05) is 12.7 Å². The Hall–Kier alpha value is -1.95. The SMILES string of the molecule is CCOP(=O)(OCC)c1cn(CC)c(=O)n(-c2ccc(C)cc2)c1=O. The molecule has 0 saturated heterocycles. The second kappa shape index (κ2) is 7.95. The summed E-state index contributed by atoms with van der Waals surface area (Å²) in [5, 5.41) is -0.141. The maximum atomic E-state index is 13.1.